The maximum Gasteiger partial charge on any atom is 0.255 e. The van der Waals surface area contributed by atoms with E-state index in [-0.39, 0.29) is 5.91 Å². The second-order valence-corrected chi connectivity index (χ2v) is 8.91. The summed E-state index contributed by atoms with van der Waals surface area (Å²) in [5, 5.41) is 11.7. The van der Waals surface area contributed by atoms with E-state index in [1.807, 2.05) is 30.0 Å². The molecule has 0 unspecified atom stereocenters. The Morgan fingerprint density at radius 1 is 1.14 bits per heavy atom. The molecule has 0 atom stereocenters. The van der Waals surface area contributed by atoms with Crippen LogP contribution in [0.25, 0.3) is 10.9 Å². The number of carbonyl (C=O) groups excluding carboxylic acids is 1. The first-order valence-electron chi connectivity index (χ1n) is 9.55. The van der Waals surface area contributed by atoms with Crippen molar-refractivity contribution in [3.8, 4) is 0 Å². The fourth-order valence-electron chi connectivity index (χ4n) is 4.15. The molecule has 1 saturated heterocycles. The molecular weight excluding hydrogens is 394 g/mol. The number of hydrogen-bond acceptors (Lipinski definition) is 6. The number of aromatic nitrogens is 3. The van der Waals surface area contributed by atoms with Gasteiger partial charge in [-0.3, -0.25) is 9.78 Å². The summed E-state index contributed by atoms with van der Waals surface area (Å²) >= 11 is 7.85. The molecule has 1 aliphatic heterocycles. The molecule has 3 aromatic rings. The second-order valence-electron chi connectivity index (χ2n) is 7.31. The quantitative estimate of drug-likeness (QED) is 0.643. The van der Waals surface area contributed by atoms with Gasteiger partial charge in [0, 0.05) is 42.3 Å². The van der Waals surface area contributed by atoms with E-state index >= 15 is 0 Å². The summed E-state index contributed by atoms with van der Waals surface area (Å²) in [5.41, 5.74) is 3.85. The van der Waals surface area contributed by atoms with Crippen LogP contribution in [0.2, 0.25) is 5.02 Å². The number of benzene rings is 1. The summed E-state index contributed by atoms with van der Waals surface area (Å²) < 4.78 is 0. The molecule has 144 valence electrons. The maximum atomic E-state index is 13.5. The highest BCUT2D eigenvalue weighted by Crippen LogP contribution is 2.32. The molecule has 2 aromatic heterocycles. The first-order valence-corrected chi connectivity index (χ1v) is 10.7. The number of amides is 1. The van der Waals surface area contributed by atoms with Crippen molar-refractivity contribution >= 4 is 44.9 Å². The number of pyridine rings is 1. The van der Waals surface area contributed by atoms with Crippen LogP contribution in [0.4, 0.5) is 5.13 Å². The van der Waals surface area contributed by atoms with Gasteiger partial charge in [-0.05, 0) is 49.9 Å². The van der Waals surface area contributed by atoms with Crippen molar-refractivity contribution in [1.29, 1.82) is 0 Å². The van der Waals surface area contributed by atoms with E-state index in [9.17, 15) is 4.79 Å². The highest BCUT2D eigenvalue weighted by atomic mass is 35.5. The third-order valence-electron chi connectivity index (χ3n) is 5.54. The van der Waals surface area contributed by atoms with Crippen LogP contribution in [0.5, 0.6) is 0 Å². The second kappa shape index (κ2) is 6.97. The average Bonchev–Trinajstić information content (AvgIpc) is 3.34. The van der Waals surface area contributed by atoms with Crippen LogP contribution in [0.1, 0.15) is 33.0 Å². The number of anilines is 1. The number of fused-ring (bicyclic) bond motifs is 2. The Morgan fingerprint density at radius 2 is 1.96 bits per heavy atom. The van der Waals surface area contributed by atoms with Crippen molar-refractivity contribution in [1.82, 2.24) is 20.1 Å². The zero-order valence-corrected chi connectivity index (χ0v) is 17.2. The smallest absolute Gasteiger partial charge is 0.255 e. The van der Waals surface area contributed by atoms with Gasteiger partial charge in [-0.2, -0.15) is 0 Å². The molecule has 0 spiro atoms. The van der Waals surface area contributed by atoms with E-state index in [1.54, 1.807) is 11.3 Å². The summed E-state index contributed by atoms with van der Waals surface area (Å²) in [5.74, 6) is 0.0981. The minimum Gasteiger partial charge on any atom is -0.343 e. The number of nitrogens with zero attached hydrogens (tertiary/aromatic N) is 5. The molecule has 2 aliphatic rings. The van der Waals surface area contributed by atoms with E-state index in [0.29, 0.717) is 18.1 Å². The van der Waals surface area contributed by atoms with Gasteiger partial charge in [-0.15, -0.1) is 10.2 Å². The molecule has 0 radical (unpaired) electrons. The van der Waals surface area contributed by atoms with Gasteiger partial charge in [0.15, 0.2) is 0 Å². The molecule has 6 nitrogen and oxygen atoms in total. The SMILES string of the molecule is Cc1nnc(N2CCN(C(=O)c3c4c(nc5ccc(Cl)cc35)CCC4)CC2)s1. The van der Waals surface area contributed by atoms with Gasteiger partial charge in [0.25, 0.3) is 5.91 Å². The Hall–Kier alpha value is -2.25. The normalized spacial score (nSPS) is 16.6. The monoisotopic (exact) mass is 413 g/mol. The molecule has 1 aromatic carbocycles. The molecule has 0 N–H and O–H groups in total. The fourth-order valence-corrected chi connectivity index (χ4v) is 5.06. The van der Waals surface area contributed by atoms with Gasteiger partial charge < -0.3 is 9.80 Å². The van der Waals surface area contributed by atoms with Crippen molar-refractivity contribution in [2.45, 2.75) is 26.2 Å². The van der Waals surface area contributed by atoms with E-state index in [2.05, 4.69) is 15.1 Å². The Morgan fingerprint density at radius 3 is 2.71 bits per heavy atom. The lowest BCUT2D eigenvalue weighted by atomic mass is 9.99. The highest BCUT2D eigenvalue weighted by molar-refractivity contribution is 7.15. The maximum absolute atomic E-state index is 13.5. The van der Waals surface area contributed by atoms with E-state index in [1.165, 1.54) is 0 Å². The van der Waals surface area contributed by atoms with Crippen LogP contribution in [-0.2, 0) is 12.8 Å². The molecule has 1 amide bonds. The van der Waals surface area contributed by atoms with Crippen molar-refractivity contribution in [3.05, 3.63) is 45.1 Å². The highest BCUT2D eigenvalue weighted by Gasteiger charge is 2.29. The van der Waals surface area contributed by atoms with Crippen molar-refractivity contribution in [3.63, 3.8) is 0 Å². The van der Waals surface area contributed by atoms with Crippen LogP contribution < -0.4 is 4.90 Å². The summed E-state index contributed by atoms with van der Waals surface area (Å²) in [4.78, 5) is 22.5. The number of halogens is 1. The number of rotatable bonds is 2. The lowest BCUT2D eigenvalue weighted by Crippen LogP contribution is -2.49. The Balaban J connectivity index is 1.46. The third kappa shape index (κ3) is 3.02. The minimum absolute atomic E-state index is 0.0981. The predicted molar refractivity (Wildman–Crippen MR) is 112 cm³/mol. The first-order chi connectivity index (χ1) is 13.6. The van der Waals surface area contributed by atoms with Crippen LogP contribution >= 0.6 is 22.9 Å². The summed E-state index contributed by atoms with van der Waals surface area (Å²) in [7, 11) is 0. The van der Waals surface area contributed by atoms with Crippen molar-refractivity contribution < 1.29 is 4.79 Å². The van der Waals surface area contributed by atoms with Gasteiger partial charge in [0.2, 0.25) is 5.13 Å². The van der Waals surface area contributed by atoms with E-state index in [4.69, 9.17) is 16.6 Å². The molecule has 28 heavy (non-hydrogen) atoms. The fraction of sp³-hybridized carbons (Fsp3) is 0.400. The van der Waals surface area contributed by atoms with Crippen molar-refractivity contribution in [2.75, 3.05) is 31.1 Å². The standard InChI is InChI=1S/C20H20ClN5OS/c1-12-23-24-20(28-12)26-9-7-25(8-10-26)19(27)18-14-3-2-4-16(14)22-17-6-5-13(21)11-15(17)18/h5-6,11H,2-4,7-10H2,1H3. The number of aryl methyl sites for hydroxylation is 2. The molecule has 3 heterocycles. The number of carbonyl (C=O) groups is 1. The predicted octanol–water partition coefficient (Wildman–Crippen LogP) is 3.50. The van der Waals surface area contributed by atoms with Crippen molar-refractivity contribution in [2.24, 2.45) is 0 Å². The Kier molecular flexibility index (Phi) is 4.44. The minimum atomic E-state index is 0.0981. The number of hydrogen-bond donors (Lipinski definition) is 0. The molecule has 8 heteroatoms. The number of piperazine rings is 1. The third-order valence-corrected chi connectivity index (χ3v) is 6.68. The van der Waals surface area contributed by atoms with Crippen LogP contribution in [0.3, 0.4) is 0 Å². The molecule has 1 fully saturated rings. The van der Waals surface area contributed by atoms with Crippen LogP contribution in [0.15, 0.2) is 18.2 Å². The topological polar surface area (TPSA) is 62.2 Å². The summed E-state index contributed by atoms with van der Waals surface area (Å²) in [6, 6.07) is 5.65. The molecule has 0 saturated carbocycles. The largest absolute Gasteiger partial charge is 0.343 e. The molecule has 5 rings (SSSR count). The Labute approximate surface area is 172 Å². The lowest BCUT2D eigenvalue weighted by molar-refractivity contribution is 0.0747. The van der Waals surface area contributed by atoms with Crippen LogP contribution in [-0.4, -0.2) is 52.2 Å². The first kappa shape index (κ1) is 17.8. The Bertz CT molecular complexity index is 1070. The zero-order chi connectivity index (χ0) is 19.3. The summed E-state index contributed by atoms with van der Waals surface area (Å²) in [6.07, 6.45) is 2.91. The molecule has 1 aliphatic carbocycles. The molecule has 0 bridgehead atoms. The van der Waals surface area contributed by atoms with Gasteiger partial charge in [-0.1, -0.05) is 22.9 Å². The van der Waals surface area contributed by atoms with E-state index in [0.717, 1.165) is 70.2 Å². The molecular formula is C20H20ClN5OS. The van der Waals surface area contributed by atoms with Gasteiger partial charge >= 0.3 is 0 Å². The van der Waals surface area contributed by atoms with Gasteiger partial charge in [0.05, 0.1) is 11.1 Å². The summed E-state index contributed by atoms with van der Waals surface area (Å²) in [6.45, 7) is 4.85. The average molecular weight is 414 g/mol. The lowest BCUT2D eigenvalue weighted by Gasteiger charge is -2.34. The van der Waals surface area contributed by atoms with Gasteiger partial charge in [0.1, 0.15) is 5.01 Å². The van der Waals surface area contributed by atoms with Crippen LogP contribution in [0, 0.1) is 6.92 Å². The van der Waals surface area contributed by atoms with Gasteiger partial charge in [-0.25, -0.2) is 0 Å². The zero-order valence-electron chi connectivity index (χ0n) is 15.6. The van der Waals surface area contributed by atoms with E-state index < -0.39 is 0 Å².